The van der Waals surface area contributed by atoms with Crippen LogP contribution in [0.2, 0.25) is 0 Å². The third-order valence-electron chi connectivity index (χ3n) is 4.35. The molecule has 1 aromatic heterocycles. The van der Waals surface area contributed by atoms with Crippen molar-refractivity contribution in [1.29, 1.82) is 0 Å². The van der Waals surface area contributed by atoms with E-state index in [0.717, 1.165) is 15.0 Å². The van der Waals surface area contributed by atoms with Crippen molar-refractivity contribution >= 4 is 59.0 Å². The molecule has 4 aromatic carbocycles. The van der Waals surface area contributed by atoms with E-state index in [1.54, 1.807) is 11.3 Å². The van der Waals surface area contributed by atoms with Crippen LogP contribution >= 0.6 is 27.3 Å². The van der Waals surface area contributed by atoms with Crippen LogP contribution in [0, 0.1) is 0 Å². The van der Waals surface area contributed by atoms with E-state index in [1.807, 2.05) is 6.07 Å². The molecule has 3 heteroatoms. The van der Waals surface area contributed by atoms with Gasteiger partial charge >= 0.3 is 0 Å². The molecule has 0 aliphatic carbocycles. The number of benzene rings is 4. The van der Waals surface area contributed by atoms with Gasteiger partial charge in [0.15, 0.2) is 0 Å². The second-order valence-corrected chi connectivity index (χ2v) is 7.65. The van der Waals surface area contributed by atoms with E-state index in [-0.39, 0.29) is 0 Å². The Balaban J connectivity index is 1.90. The molecule has 0 radical (unpaired) electrons. The number of halogens is 1. The van der Waals surface area contributed by atoms with E-state index in [9.17, 15) is 0 Å². The number of rotatable bonds is 1. The highest BCUT2D eigenvalue weighted by molar-refractivity contribution is 9.10. The summed E-state index contributed by atoms with van der Waals surface area (Å²) in [5.74, 6) is 0. The van der Waals surface area contributed by atoms with E-state index < -0.39 is 0 Å². The van der Waals surface area contributed by atoms with Crippen LogP contribution in [0.5, 0.6) is 0 Å². The van der Waals surface area contributed by atoms with Crippen molar-refractivity contribution in [3.8, 4) is 10.6 Å². The van der Waals surface area contributed by atoms with Crippen molar-refractivity contribution in [1.82, 2.24) is 4.98 Å². The first kappa shape index (κ1) is 14.1. The Kier molecular flexibility index (Phi) is 3.18. The molecule has 0 atom stereocenters. The zero-order chi connectivity index (χ0) is 16.1. The summed E-state index contributed by atoms with van der Waals surface area (Å²) in [7, 11) is 0. The minimum Gasteiger partial charge on any atom is -0.236 e. The number of hydrogen-bond acceptors (Lipinski definition) is 2. The van der Waals surface area contributed by atoms with Crippen molar-refractivity contribution in [3.63, 3.8) is 0 Å². The molecule has 5 aromatic rings. The SMILES string of the molecule is Brc1cc2ccccc2c2ccc3nc(-c4ccccc4)sc3c12. The van der Waals surface area contributed by atoms with Gasteiger partial charge in [0.1, 0.15) is 5.01 Å². The molecule has 0 saturated carbocycles. The highest BCUT2D eigenvalue weighted by atomic mass is 79.9. The lowest BCUT2D eigenvalue weighted by Gasteiger charge is -2.07. The summed E-state index contributed by atoms with van der Waals surface area (Å²) in [4.78, 5) is 4.85. The molecule has 0 bridgehead atoms. The maximum atomic E-state index is 4.85. The van der Waals surface area contributed by atoms with E-state index in [2.05, 4.69) is 82.7 Å². The summed E-state index contributed by atoms with van der Waals surface area (Å²) in [6.45, 7) is 0. The zero-order valence-electron chi connectivity index (χ0n) is 12.7. The monoisotopic (exact) mass is 389 g/mol. The molecule has 0 amide bonds. The van der Waals surface area contributed by atoms with Crippen molar-refractivity contribution in [2.24, 2.45) is 0 Å². The molecule has 0 saturated heterocycles. The lowest BCUT2D eigenvalue weighted by Crippen LogP contribution is -1.80. The first-order valence-electron chi connectivity index (χ1n) is 7.77. The van der Waals surface area contributed by atoms with Crippen LogP contribution in [0.1, 0.15) is 0 Å². The van der Waals surface area contributed by atoms with E-state index >= 15 is 0 Å². The Morgan fingerprint density at radius 3 is 2.46 bits per heavy atom. The standard InChI is InChI=1S/C21H12BrNS/c22-17-12-14-8-4-5-9-15(14)16-10-11-18-20(19(16)17)24-21(23-18)13-6-2-1-3-7-13/h1-12H. The van der Waals surface area contributed by atoms with Gasteiger partial charge in [-0.15, -0.1) is 11.3 Å². The van der Waals surface area contributed by atoms with Gasteiger partial charge in [0, 0.05) is 15.4 Å². The summed E-state index contributed by atoms with van der Waals surface area (Å²) in [5.41, 5.74) is 2.23. The normalized spacial score (nSPS) is 11.5. The highest BCUT2D eigenvalue weighted by Gasteiger charge is 2.13. The van der Waals surface area contributed by atoms with E-state index in [4.69, 9.17) is 4.98 Å². The van der Waals surface area contributed by atoms with Crippen molar-refractivity contribution in [2.45, 2.75) is 0 Å². The smallest absolute Gasteiger partial charge is 0.124 e. The number of nitrogens with zero attached hydrogens (tertiary/aromatic N) is 1. The molecule has 0 aliphatic rings. The van der Waals surface area contributed by atoms with E-state index in [0.29, 0.717) is 0 Å². The third kappa shape index (κ3) is 2.09. The first-order chi connectivity index (χ1) is 11.8. The maximum absolute atomic E-state index is 4.85. The van der Waals surface area contributed by atoms with Crippen molar-refractivity contribution in [2.75, 3.05) is 0 Å². The lowest BCUT2D eigenvalue weighted by atomic mass is 10.0. The maximum Gasteiger partial charge on any atom is 0.124 e. The Morgan fingerprint density at radius 1 is 0.792 bits per heavy atom. The van der Waals surface area contributed by atoms with Gasteiger partial charge in [-0.2, -0.15) is 0 Å². The Labute approximate surface area is 151 Å². The van der Waals surface area contributed by atoms with Gasteiger partial charge in [-0.25, -0.2) is 4.98 Å². The fourth-order valence-corrected chi connectivity index (χ4v) is 5.16. The lowest BCUT2D eigenvalue weighted by molar-refractivity contribution is 1.48. The molecule has 0 unspecified atom stereocenters. The largest absolute Gasteiger partial charge is 0.236 e. The number of aromatic nitrogens is 1. The second kappa shape index (κ2) is 5.40. The van der Waals surface area contributed by atoms with Gasteiger partial charge in [-0.3, -0.25) is 0 Å². The Bertz CT molecular complexity index is 1210. The topological polar surface area (TPSA) is 12.9 Å². The predicted octanol–water partition coefficient (Wildman–Crippen LogP) is 7.03. The summed E-state index contributed by atoms with van der Waals surface area (Å²) in [6, 6.07) is 25.5. The Hall–Kier alpha value is -2.23. The second-order valence-electron chi connectivity index (χ2n) is 5.80. The summed E-state index contributed by atoms with van der Waals surface area (Å²) in [6.07, 6.45) is 0. The van der Waals surface area contributed by atoms with Gasteiger partial charge < -0.3 is 0 Å². The molecule has 0 N–H and O–H groups in total. The average molecular weight is 390 g/mol. The quantitative estimate of drug-likeness (QED) is 0.280. The van der Waals surface area contributed by atoms with Crippen LogP contribution in [0.3, 0.4) is 0 Å². The third-order valence-corrected chi connectivity index (χ3v) is 6.11. The molecule has 1 nitrogen and oxygen atoms in total. The minimum atomic E-state index is 1.06. The van der Waals surface area contributed by atoms with Gasteiger partial charge in [0.05, 0.1) is 10.2 Å². The molecule has 5 rings (SSSR count). The number of fused-ring (bicyclic) bond motifs is 5. The molecule has 0 spiro atoms. The first-order valence-corrected chi connectivity index (χ1v) is 9.38. The van der Waals surface area contributed by atoms with Crippen molar-refractivity contribution < 1.29 is 0 Å². The summed E-state index contributed by atoms with van der Waals surface area (Å²) >= 11 is 5.54. The Morgan fingerprint density at radius 2 is 1.58 bits per heavy atom. The highest BCUT2D eigenvalue weighted by Crippen LogP contribution is 2.40. The molecule has 1 heterocycles. The van der Waals surface area contributed by atoms with Crippen LogP contribution < -0.4 is 0 Å². The number of hydrogen-bond donors (Lipinski definition) is 0. The van der Waals surface area contributed by atoms with Gasteiger partial charge in [0.25, 0.3) is 0 Å². The number of thiazole rings is 1. The molecule has 24 heavy (non-hydrogen) atoms. The molecule has 0 fully saturated rings. The molecular formula is C21H12BrNS. The zero-order valence-corrected chi connectivity index (χ0v) is 15.1. The molecule has 114 valence electrons. The molecular weight excluding hydrogens is 378 g/mol. The molecule has 0 aliphatic heterocycles. The van der Waals surface area contributed by atoms with Crippen LogP contribution in [0.15, 0.2) is 77.3 Å². The predicted molar refractivity (Wildman–Crippen MR) is 108 cm³/mol. The fraction of sp³-hybridized carbons (Fsp3) is 0. The van der Waals surface area contributed by atoms with Crippen molar-refractivity contribution in [3.05, 3.63) is 77.3 Å². The van der Waals surface area contributed by atoms with Gasteiger partial charge in [0.2, 0.25) is 0 Å². The van der Waals surface area contributed by atoms with E-state index in [1.165, 1.54) is 31.8 Å². The van der Waals surface area contributed by atoms with Crippen LogP contribution in [0.4, 0.5) is 0 Å². The van der Waals surface area contributed by atoms with Gasteiger partial charge in [-0.1, -0.05) is 76.6 Å². The van der Waals surface area contributed by atoms with Crippen LogP contribution in [0.25, 0.3) is 42.3 Å². The van der Waals surface area contributed by atoms with Crippen LogP contribution in [-0.4, -0.2) is 4.98 Å². The van der Waals surface area contributed by atoms with Crippen LogP contribution in [-0.2, 0) is 0 Å². The minimum absolute atomic E-state index is 1.06. The summed E-state index contributed by atoms with van der Waals surface area (Å²) < 4.78 is 2.37. The average Bonchev–Trinajstić information content (AvgIpc) is 3.06. The fourth-order valence-electron chi connectivity index (χ4n) is 3.23. The summed E-state index contributed by atoms with van der Waals surface area (Å²) in [5, 5.41) is 6.14. The van der Waals surface area contributed by atoms with Gasteiger partial charge in [-0.05, 0) is 28.3 Å².